The van der Waals surface area contributed by atoms with Crippen molar-refractivity contribution in [1.29, 1.82) is 0 Å². The SMILES string of the molecule is C=CCCCOc1ccc(C2=CCC(CCc3ccc(-c4ccc(C(O)CCC)cc4)c(F)c3F)CC2)c(F)c1. The van der Waals surface area contributed by atoms with Crippen LogP contribution in [0.25, 0.3) is 16.7 Å². The lowest BCUT2D eigenvalue weighted by molar-refractivity contribution is 0.166. The molecule has 3 aromatic carbocycles. The number of aryl methyl sites for hydroxylation is 1. The van der Waals surface area contributed by atoms with Gasteiger partial charge in [0, 0.05) is 17.2 Å². The van der Waals surface area contributed by atoms with Gasteiger partial charge in [-0.1, -0.05) is 61.9 Å². The minimum Gasteiger partial charge on any atom is -0.493 e. The highest BCUT2D eigenvalue weighted by atomic mass is 19.2. The van der Waals surface area contributed by atoms with E-state index in [4.69, 9.17) is 4.74 Å². The van der Waals surface area contributed by atoms with Crippen molar-refractivity contribution in [2.45, 2.75) is 70.8 Å². The molecule has 2 unspecified atom stereocenters. The molecule has 5 heteroatoms. The lowest BCUT2D eigenvalue weighted by Gasteiger charge is -2.23. The van der Waals surface area contributed by atoms with E-state index in [1.54, 1.807) is 42.5 Å². The predicted octanol–water partition coefficient (Wildman–Crippen LogP) is 9.77. The van der Waals surface area contributed by atoms with Gasteiger partial charge in [-0.3, -0.25) is 0 Å². The second-order valence-electron chi connectivity index (χ2n) is 10.7. The Morgan fingerprint density at radius 1 is 1.02 bits per heavy atom. The largest absolute Gasteiger partial charge is 0.493 e. The summed E-state index contributed by atoms with van der Waals surface area (Å²) in [4.78, 5) is 0. The third kappa shape index (κ3) is 7.45. The van der Waals surface area contributed by atoms with Crippen LogP contribution in [0.15, 0.2) is 73.3 Å². The number of allylic oxidation sites excluding steroid dienone is 3. The number of hydrogen-bond acceptors (Lipinski definition) is 2. The molecule has 1 aliphatic carbocycles. The Kier molecular flexibility index (Phi) is 10.7. The first-order chi connectivity index (χ1) is 19.4. The Labute approximate surface area is 236 Å². The number of hydrogen-bond donors (Lipinski definition) is 1. The minimum atomic E-state index is -0.839. The molecule has 0 bridgehead atoms. The summed E-state index contributed by atoms with van der Waals surface area (Å²) in [6.45, 7) is 6.22. The summed E-state index contributed by atoms with van der Waals surface area (Å²) in [7, 11) is 0. The van der Waals surface area contributed by atoms with Gasteiger partial charge in [0.2, 0.25) is 0 Å². The first-order valence-electron chi connectivity index (χ1n) is 14.4. The Hall–Kier alpha value is -3.31. The Balaban J connectivity index is 1.33. The van der Waals surface area contributed by atoms with E-state index in [0.29, 0.717) is 47.8 Å². The van der Waals surface area contributed by atoms with E-state index in [1.807, 2.05) is 19.1 Å². The Morgan fingerprint density at radius 3 is 2.48 bits per heavy atom. The molecule has 0 amide bonds. The lowest BCUT2D eigenvalue weighted by atomic mass is 9.83. The average molecular weight is 549 g/mol. The van der Waals surface area contributed by atoms with Crippen molar-refractivity contribution in [2.24, 2.45) is 5.92 Å². The molecule has 0 spiro atoms. The third-order valence-corrected chi connectivity index (χ3v) is 7.78. The quantitative estimate of drug-likeness (QED) is 0.170. The molecule has 0 heterocycles. The molecule has 2 atom stereocenters. The van der Waals surface area contributed by atoms with Crippen molar-refractivity contribution < 1.29 is 23.0 Å². The Bertz CT molecular complexity index is 1310. The fraction of sp³-hybridized carbons (Fsp3) is 0.371. The highest BCUT2D eigenvalue weighted by Crippen LogP contribution is 2.35. The normalized spacial score (nSPS) is 15.9. The fourth-order valence-electron chi connectivity index (χ4n) is 5.35. The molecule has 0 fully saturated rings. The van der Waals surface area contributed by atoms with Gasteiger partial charge in [0.1, 0.15) is 11.6 Å². The smallest absolute Gasteiger partial charge is 0.166 e. The van der Waals surface area contributed by atoms with Crippen molar-refractivity contribution >= 4 is 5.57 Å². The zero-order valence-corrected chi connectivity index (χ0v) is 23.3. The van der Waals surface area contributed by atoms with Crippen LogP contribution in [0, 0.1) is 23.4 Å². The maximum absolute atomic E-state index is 15.0. The van der Waals surface area contributed by atoms with E-state index in [9.17, 15) is 9.50 Å². The molecule has 212 valence electrons. The molecule has 2 nitrogen and oxygen atoms in total. The standard InChI is InChI=1S/C35H39F3O2/c1-3-5-6-22-40-29-19-21-30(32(36)23-29)25-11-8-24(9-12-25)10-13-28-18-20-31(35(38)34(28)37)26-14-16-27(17-15-26)33(39)7-4-2/h3,11,14-21,23-24,33,39H,1,4-10,12-13,22H2,2H3. The number of rotatable bonds is 13. The maximum atomic E-state index is 15.0. The molecule has 0 saturated heterocycles. The average Bonchev–Trinajstić information content (AvgIpc) is 2.97. The summed E-state index contributed by atoms with van der Waals surface area (Å²) in [6.07, 6.45) is 10.2. The van der Waals surface area contributed by atoms with Gasteiger partial charge in [-0.25, -0.2) is 13.2 Å². The highest BCUT2D eigenvalue weighted by Gasteiger charge is 2.20. The first kappa shape index (κ1) is 29.7. The number of aliphatic hydroxyl groups is 1. The van der Waals surface area contributed by atoms with Crippen LogP contribution in [0.2, 0.25) is 0 Å². The van der Waals surface area contributed by atoms with Crippen LogP contribution in [-0.4, -0.2) is 11.7 Å². The van der Waals surface area contributed by atoms with E-state index in [1.165, 1.54) is 6.07 Å². The van der Waals surface area contributed by atoms with Crippen molar-refractivity contribution in [3.8, 4) is 16.9 Å². The molecule has 1 N–H and O–H groups in total. The number of unbranched alkanes of at least 4 members (excludes halogenated alkanes) is 1. The topological polar surface area (TPSA) is 29.5 Å². The van der Waals surface area contributed by atoms with Gasteiger partial charge in [-0.15, -0.1) is 6.58 Å². The van der Waals surface area contributed by atoms with Crippen LogP contribution in [0.1, 0.15) is 81.1 Å². The van der Waals surface area contributed by atoms with Crippen molar-refractivity contribution in [2.75, 3.05) is 6.61 Å². The van der Waals surface area contributed by atoms with E-state index < -0.39 is 17.7 Å². The summed E-state index contributed by atoms with van der Waals surface area (Å²) in [5, 5.41) is 10.2. The van der Waals surface area contributed by atoms with Gasteiger partial charge in [0.15, 0.2) is 11.6 Å². The number of aliphatic hydroxyl groups excluding tert-OH is 1. The summed E-state index contributed by atoms with van der Waals surface area (Å²) < 4.78 is 50.4. The summed E-state index contributed by atoms with van der Waals surface area (Å²) >= 11 is 0. The summed E-state index contributed by atoms with van der Waals surface area (Å²) in [6, 6.07) is 15.3. The molecule has 0 radical (unpaired) electrons. The van der Waals surface area contributed by atoms with Crippen LogP contribution < -0.4 is 4.74 Å². The molecule has 0 saturated carbocycles. The van der Waals surface area contributed by atoms with Crippen LogP contribution in [0.4, 0.5) is 13.2 Å². The van der Waals surface area contributed by atoms with Crippen LogP contribution in [0.5, 0.6) is 5.75 Å². The zero-order chi connectivity index (χ0) is 28.5. The second-order valence-corrected chi connectivity index (χ2v) is 10.7. The van der Waals surface area contributed by atoms with Crippen LogP contribution in [-0.2, 0) is 6.42 Å². The van der Waals surface area contributed by atoms with Gasteiger partial charge in [0.25, 0.3) is 0 Å². The van der Waals surface area contributed by atoms with Gasteiger partial charge in [-0.2, -0.15) is 0 Å². The molecule has 1 aliphatic rings. The monoisotopic (exact) mass is 548 g/mol. The zero-order valence-electron chi connectivity index (χ0n) is 23.3. The van der Waals surface area contributed by atoms with Gasteiger partial charge in [-0.05, 0) is 91.7 Å². The molecular weight excluding hydrogens is 509 g/mol. The third-order valence-electron chi connectivity index (χ3n) is 7.78. The summed E-state index contributed by atoms with van der Waals surface area (Å²) in [5.74, 6) is -1.05. The Morgan fingerprint density at radius 2 is 1.80 bits per heavy atom. The number of ether oxygens (including phenoxy) is 1. The van der Waals surface area contributed by atoms with Crippen molar-refractivity contribution in [1.82, 2.24) is 0 Å². The minimum absolute atomic E-state index is 0.221. The molecule has 3 aromatic rings. The van der Waals surface area contributed by atoms with E-state index in [0.717, 1.165) is 56.1 Å². The molecule has 40 heavy (non-hydrogen) atoms. The van der Waals surface area contributed by atoms with Gasteiger partial charge in [0.05, 0.1) is 12.7 Å². The molecule has 0 aliphatic heterocycles. The highest BCUT2D eigenvalue weighted by molar-refractivity contribution is 5.67. The van der Waals surface area contributed by atoms with E-state index in [2.05, 4.69) is 12.7 Å². The fourth-order valence-corrected chi connectivity index (χ4v) is 5.35. The molecule has 0 aromatic heterocycles. The lowest BCUT2D eigenvalue weighted by Crippen LogP contribution is -2.09. The maximum Gasteiger partial charge on any atom is 0.166 e. The van der Waals surface area contributed by atoms with E-state index >= 15 is 8.78 Å². The van der Waals surface area contributed by atoms with Gasteiger partial charge < -0.3 is 9.84 Å². The second kappa shape index (κ2) is 14.4. The van der Waals surface area contributed by atoms with Crippen LogP contribution in [0.3, 0.4) is 0 Å². The van der Waals surface area contributed by atoms with Crippen molar-refractivity contribution in [3.63, 3.8) is 0 Å². The van der Waals surface area contributed by atoms with E-state index in [-0.39, 0.29) is 11.4 Å². The first-order valence-corrected chi connectivity index (χ1v) is 14.4. The van der Waals surface area contributed by atoms with Crippen molar-refractivity contribution in [3.05, 3.63) is 107 Å². The molecule has 4 rings (SSSR count). The number of halogens is 3. The summed E-state index contributed by atoms with van der Waals surface area (Å²) in [5.41, 5.74) is 3.55. The predicted molar refractivity (Wildman–Crippen MR) is 157 cm³/mol. The molecular formula is C35H39F3O2. The number of benzene rings is 3. The van der Waals surface area contributed by atoms with Crippen LogP contribution >= 0.6 is 0 Å². The van der Waals surface area contributed by atoms with Gasteiger partial charge >= 0.3 is 0 Å².